The molecule has 0 radical (unpaired) electrons. The summed E-state index contributed by atoms with van der Waals surface area (Å²) in [4.78, 5) is 15.3. The zero-order chi connectivity index (χ0) is 10.1. The molecule has 0 aromatic carbocycles. The van der Waals surface area contributed by atoms with Crippen LogP contribution in [0.1, 0.15) is 35.5 Å². The lowest BCUT2D eigenvalue weighted by Gasteiger charge is -2.24. The summed E-state index contributed by atoms with van der Waals surface area (Å²) >= 11 is 1.71. The molecule has 3 heteroatoms. The highest BCUT2D eigenvalue weighted by Gasteiger charge is 2.24. The van der Waals surface area contributed by atoms with E-state index in [-0.39, 0.29) is 5.91 Å². The summed E-state index contributed by atoms with van der Waals surface area (Å²) < 4.78 is 0. The number of nitrogens with zero attached hydrogens (tertiary/aromatic N) is 1. The number of hydrogen-bond acceptors (Lipinski definition) is 2. The highest BCUT2D eigenvalue weighted by atomic mass is 32.1. The molecule has 1 amide bonds. The van der Waals surface area contributed by atoms with Crippen molar-refractivity contribution in [1.29, 1.82) is 0 Å². The Bertz CT molecular complexity index is 343. The van der Waals surface area contributed by atoms with Gasteiger partial charge < -0.3 is 4.90 Å². The topological polar surface area (TPSA) is 20.3 Å². The van der Waals surface area contributed by atoms with Crippen molar-refractivity contribution in [2.24, 2.45) is 0 Å². The summed E-state index contributed by atoms with van der Waals surface area (Å²) in [5.74, 6) is 0.216. The molecule has 1 aromatic rings. The van der Waals surface area contributed by atoms with Crippen LogP contribution in [0.5, 0.6) is 0 Å². The number of thiophene rings is 1. The van der Waals surface area contributed by atoms with E-state index < -0.39 is 0 Å². The second-order valence-electron chi connectivity index (χ2n) is 3.95. The first-order valence-corrected chi connectivity index (χ1v) is 5.95. The predicted octanol–water partition coefficient (Wildman–Crippen LogP) is 2.54. The minimum atomic E-state index is 0.216. The van der Waals surface area contributed by atoms with Crippen molar-refractivity contribution in [2.75, 3.05) is 6.54 Å². The van der Waals surface area contributed by atoms with Crippen molar-refractivity contribution in [3.05, 3.63) is 21.9 Å². The zero-order valence-corrected chi connectivity index (χ0v) is 9.43. The maximum absolute atomic E-state index is 12.1. The summed E-state index contributed by atoms with van der Waals surface area (Å²) in [5, 5.41) is 2.02. The number of carbonyl (C=O) groups is 1. The Hall–Kier alpha value is -0.830. The van der Waals surface area contributed by atoms with Gasteiger partial charge in [-0.2, -0.15) is 0 Å². The normalized spacial score (nSPS) is 17.1. The van der Waals surface area contributed by atoms with Crippen LogP contribution in [0, 0.1) is 0 Å². The van der Waals surface area contributed by atoms with Gasteiger partial charge in [0.1, 0.15) is 0 Å². The number of hydrogen-bond donors (Lipinski definition) is 0. The molecule has 0 unspecified atom stereocenters. The van der Waals surface area contributed by atoms with Gasteiger partial charge >= 0.3 is 0 Å². The molecule has 0 saturated carbocycles. The van der Waals surface area contributed by atoms with E-state index in [2.05, 4.69) is 13.8 Å². The van der Waals surface area contributed by atoms with Crippen molar-refractivity contribution in [1.82, 2.24) is 4.90 Å². The van der Waals surface area contributed by atoms with Crippen LogP contribution in [-0.4, -0.2) is 23.4 Å². The highest BCUT2D eigenvalue weighted by Crippen LogP contribution is 2.24. The first-order valence-electron chi connectivity index (χ1n) is 5.07. The molecule has 76 valence electrons. The fourth-order valence-electron chi connectivity index (χ4n) is 1.88. The molecule has 2 nitrogen and oxygen atoms in total. The smallest absolute Gasteiger partial charge is 0.255 e. The van der Waals surface area contributed by atoms with Gasteiger partial charge in [0.25, 0.3) is 5.91 Å². The molecule has 0 spiro atoms. The molecule has 0 atom stereocenters. The summed E-state index contributed by atoms with van der Waals surface area (Å²) in [6.45, 7) is 5.06. The van der Waals surface area contributed by atoms with Crippen LogP contribution in [0.2, 0.25) is 0 Å². The quantitative estimate of drug-likeness (QED) is 0.696. The van der Waals surface area contributed by atoms with Gasteiger partial charge in [0.15, 0.2) is 0 Å². The van der Waals surface area contributed by atoms with Crippen molar-refractivity contribution in [3.63, 3.8) is 0 Å². The lowest BCUT2D eigenvalue weighted by atomic mass is 10.2. The summed E-state index contributed by atoms with van der Waals surface area (Å²) in [5.41, 5.74) is 0.932. The molecule has 1 aliphatic rings. The van der Waals surface area contributed by atoms with Crippen LogP contribution in [-0.2, 0) is 6.42 Å². The predicted molar refractivity (Wildman–Crippen MR) is 58.8 cm³/mol. The second kappa shape index (κ2) is 3.73. The third-order valence-corrected chi connectivity index (χ3v) is 3.64. The van der Waals surface area contributed by atoms with Crippen LogP contribution in [0.25, 0.3) is 0 Å². The van der Waals surface area contributed by atoms with E-state index >= 15 is 0 Å². The summed E-state index contributed by atoms with van der Waals surface area (Å²) in [6, 6.07) is 2.27. The molecule has 0 saturated heterocycles. The molecule has 0 bridgehead atoms. The molecular formula is C11H15NOS. The van der Waals surface area contributed by atoms with Gasteiger partial charge in [0.05, 0.1) is 5.56 Å². The van der Waals surface area contributed by atoms with Crippen LogP contribution in [0.3, 0.4) is 0 Å². The maximum atomic E-state index is 12.1. The molecule has 0 aliphatic carbocycles. The lowest BCUT2D eigenvalue weighted by molar-refractivity contribution is 0.0712. The minimum absolute atomic E-state index is 0.216. The van der Waals surface area contributed by atoms with Crippen molar-refractivity contribution >= 4 is 17.2 Å². The van der Waals surface area contributed by atoms with E-state index in [0.717, 1.165) is 24.9 Å². The van der Waals surface area contributed by atoms with Crippen molar-refractivity contribution in [3.8, 4) is 0 Å². The third-order valence-electron chi connectivity index (χ3n) is 2.66. The van der Waals surface area contributed by atoms with E-state index in [4.69, 9.17) is 0 Å². The average molecular weight is 209 g/mol. The van der Waals surface area contributed by atoms with Gasteiger partial charge in [-0.3, -0.25) is 4.79 Å². The monoisotopic (exact) mass is 209 g/mol. The van der Waals surface area contributed by atoms with Crippen LogP contribution in [0.15, 0.2) is 11.4 Å². The van der Waals surface area contributed by atoms with Crippen LogP contribution < -0.4 is 0 Å². The largest absolute Gasteiger partial charge is 0.336 e. The molecule has 1 aromatic heterocycles. The van der Waals surface area contributed by atoms with Gasteiger partial charge in [0, 0.05) is 17.5 Å². The van der Waals surface area contributed by atoms with E-state index in [0.29, 0.717) is 6.04 Å². The molecule has 1 aliphatic heterocycles. The minimum Gasteiger partial charge on any atom is -0.336 e. The van der Waals surface area contributed by atoms with Gasteiger partial charge in [-0.1, -0.05) is 0 Å². The summed E-state index contributed by atoms with van der Waals surface area (Å²) in [6.07, 6.45) is 2.15. The standard InChI is InChI=1S/C11H15NOS/c1-8(2)12-6-3-4-10-9(11(12)13)5-7-14-10/h5,7-8H,3-4,6H2,1-2H3. The zero-order valence-electron chi connectivity index (χ0n) is 8.62. The second-order valence-corrected chi connectivity index (χ2v) is 4.95. The summed E-state index contributed by atoms with van der Waals surface area (Å²) in [7, 11) is 0. The number of amides is 1. The SMILES string of the molecule is CC(C)N1CCCc2sccc2C1=O. The van der Waals surface area contributed by atoms with Gasteiger partial charge in [-0.15, -0.1) is 11.3 Å². The Balaban J connectivity index is 2.34. The molecule has 2 heterocycles. The van der Waals surface area contributed by atoms with E-state index in [1.807, 2.05) is 16.3 Å². The van der Waals surface area contributed by atoms with E-state index in [9.17, 15) is 4.79 Å². The first-order chi connectivity index (χ1) is 6.70. The van der Waals surface area contributed by atoms with Crippen LogP contribution in [0.4, 0.5) is 0 Å². The number of aryl methyl sites for hydroxylation is 1. The van der Waals surface area contributed by atoms with Gasteiger partial charge in [-0.25, -0.2) is 0 Å². The average Bonchev–Trinajstić information content (AvgIpc) is 2.53. The fourth-order valence-corrected chi connectivity index (χ4v) is 2.80. The molecule has 14 heavy (non-hydrogen) atoms. The Morgan fingerprint density at radius 1 is 1.50 bits per heavy atom. The molecule has 2 rings (SSSR count). The molecule has 0 N–H and O–H groups in total. The van der Waals surface area contributed by atoms with E-state index in [1.165, 1.54) is 4.88 Å². The Morgan fingerprint density at radius 3 is 3.00 bits per heavy atom. The number of carbonyl (C=O) groups excluding carboxylic acids is 1. The van der Waals surface area contributed by atoms with Crippen LogP contribution >= 0.6 is 11.3 Å². The number of fused-ring (bicyclic) bond motifs is 1. The Kier molecular flexibility index (Phi) is 2.59. The van der Waals surface area contributed by atoms with Gasteiger partial charge in [0.2, 0.25) is 0 Å². The maximum Gasteiger partial charge on any atom is 0.255 e. The lowest BCUT2D eigenvalue weighted by Crippen LogP contribution is -2.36. The molecular weight excluding hydrogens is 194 g/mol. The first kappa shape index (κ1) is 9.71. The van der Waals surface area contributed by atoms with Crippen molar-refractivity contribution in [2.45, 2.75) is 32.7 Å². The highest BCUT2D eigenvalue weighted by molar-refractivity contribution is 7.10. The fraction of sp³-hybridized carbons (Fsp3) is 0.545. The van der Waals surface area contributed by atoms with Crippen molar-refractivity contribution < 1.29 is 4.79 Å². The number of rotatable bonds is 1. The Labute approximate surface area is 88.5 Å². The van der Waals surface area contributed by atoms with E-state index in [1.54, 1.807) is 11.3 Å². The third kappa shape index (κ3) is 1.57. The molecule has 0 fully saturated rings. The Morgan fingerprint density at radius 2 is 2.29 bits per heavy atom. The van der Waals surface area contributed by atoms with Gasteiger partial charge in [-0.05, 0) is 38.1 Å².